The van der Waals surface area contributed by atoms with Gasteiger partial charge in [0, 0.05) is 5.56 Å². The first-order valence-corrected chi connectivity index (χ1v) is 7.36. The molecule has 0 radical (unpaired) electrons. The standard InChI is InChI=1S/C17H21NO3/c1-2-3-7-15(17(20)21)18-16(19)14-10-8-13(9-11-14)12-5-4-6-12/h2-3,8-12,15H,4-7H2,1H3,(H,18,19)(H,20,21)/b3-2+. The molecule has 1 saturated carbocycles. The van der Waals surface area contributed by atoms with E-state index in [9.17, 15) is 9.59 Å². The summed E-state index contributed by atoms with van der Waals surface area (Å²) in [5.74, 6) is -0.733. The molecule has 21 heavy (non-hydrogen) atoms. The van der Waals surface area contributed by atoms with E-state index in [-0.39, 0.29) is 12.3 Å². The Kier molecular flexibility index (Phi) is 5.14. The van der Waals surface area contributed by atoms with Crippen molar-refractivity contribution in [3.63, 3.8) is 0 Å². The van der Waals surface area contributed by atoms with E-state index >= 15 is 0 Å². The third-order valence-electron chi connectivity index (χ3n) is 3.96. The fourth-order valence-electron chi connectivity index (χ4n) is 2.38. The molecule has 1 aliphatic carbocycles. The Morgan fingerprint density at radius 1 is 1.33 bits per heavy atom. The van der Waals surface area contributed by atoms with Crippen LogP contribution in [0, 0.1) is 0 Å². The first kappa shape index (κ1) is 15.3. The molecule has 0 heterocycles. The minimum atomic E-state index is -1.02. The van der Waals surface area contributed by atoms with Crippen LogP contribution in [-0.2, 0) is 4.79 Å². The van der Waals surface area contributed by atoms with Crippen molar-refractivity contribution in [1.82, 2.24) is 5.32 Å². The molecule has 1 unspecified atom stereocenters. The van der Waals surface area contributed by atoms with E-state index in [1.54, 1.807) is 24.3 Å². The summed E-state index contributed by atoms with van der Waals surface area (Å²) in [6, 6.07) is 6.61. The van der Waals surface area contributed by atoms with Gasteiger partial charge in [0.2, 0.25) is 0 Å². The van der Waals surface area contributed by atoms with E-state index in [1.807, 2.05) is 19.1 Å². The van der Waals surface area contributed by atoms with Gasteiger partial charge in [-0.15, -0.1) is 0 Å². The van der Waals surface area contributed by atoms with E-state index in [4.69, 9.17) is 5.11 Å². The molecule has 1 aromatic rings. The first-order chi connectivity index (χ1) is 10.1. The minimum absolute atomic E-state index is 0.289. The largest absolute Gasteiger partial charge is 0.480 e. The van der Waals surface area contributed by atoms with Crippen LogP contribution in [-0.4, -0.2) is 23.0 Å². The number of aliphatic carboxylic acids is 1. The number of allylic oxidation sites excluding steroid dienone is 1. The summed E-state index contributed by atoms with van der Waals surface area (Å²) in [6.45, 7) is 1.82. The third kappa shape index (κ3) is 3.94. The molecule has 1 fully saturated rings. The van der Waals surface area contributed by atoms with Gasteiger partial charge >= 0.3 is 5.97 Å². The average Bonchev–Trinajstić information content (AvgIpc) is 2.41. The lowest BCUT2D eigenvalue weighted by Gasteiger charge is -2.25. The molecule has 2 N–H and O–H groups in total. The summed E-state index contributed by atoms with van der Waals surface area (Å²) in [5.41, 5.74) is 1.77. The average molecular weight is 287 g/mol. The summed E-state index contributed by atoms with van der Waals surface area (Å²) >= 11 is 0. The van der Waals surface area contributed by atoms with Crippen LogP contribution in [0.15, 0.2) is 36.4 Å². The van der Waals surface area contributed by atoms with Crippen LogP contribution in [0.4, 0.5) is 0 Å². The summed E-state index contributed by atoms with van der Waals surface area (Å²) < 4.78 is 0. The van der Waals surface area contributed by atoms with Gasteiger partial charge < -0.3 is 10.4 Å². The molecule has 2 rings (SSSR count). The summed E-state index contributed by atoms with van der Waals surface area (Å²) in [5, 5.41) is 11.7. The van der Waals surface area contributed by atoms with Crippen molar-refractivity contribution >= 4 is 11.9 Å². The Balaban J connectivity index is 1.99. The van der Waals surface area contributed by atoms with E-state index < -0.39 is 12.0 Å². The predicted octanol–water partition coefficient (Wildman–Crippen LogP) is 3.10. The van der Waals surface area contributed by atoms with Crippen LogP contribution in [0.5, 0.6) is 0 Å². The van der Waals surface area contributed by atoms with Gasteiger partial charge in [0.05, 0.1) is 0 Å². The maximum atomic E-state index is 12.1. The van der Waals surface area contributed by atoms with Crippen LogP contribution in [0.25, 0.3) is 0 Å². The Morgan fingerprint density at radius 2 is 2.00 bits per heavy atom. The molecule has 112 valence electrons. The lowest BCUT2D eigenvalue weighted by atomic mass is 9.80. The monoisotopic (exact) mass is 287 g/mol. The topological polar surface area (TPSA) is 66.4 Å². The molecule has 1 amide bonds. The number of hydrogen-bond acceptors (Lipinski definition) is 2. The van der Waals surface area contributed by atoms with Gasteiger partial charge in [-0.3, -0.25) is 4.79 Å². The van der Waals surface area contributed by atoms with E-state index in [0.717, 1.165) is 0 Å². The predicted molar refractivity (Wildman–Crippen MR) is 81.4 cm³/mol. The molecule has 0 aromatic heterocycles. The fraction of sp³-hybridized carbons (Fsp3) is 0.412. The number of nitrogens with one attached hydrogen (secondary N) is 1. The second-order valence-corrected chi connectivity index (χ2v) is 5.42. The van der Waals surface area contributed by atoms with Gasteiger partial charge in [-0.2, -0.15) is 0 Å². The third-order valence-corrected chi connectivity index (χ3v) is 3.96. The number of benzene rings is 1. The van der Waals surface area contributed by atoms with Gasteiger partial charge in [0.15, 0.2) is 0 Å². The van der Waals surface area contributed by atoms with Crippen LogP contribution < -0.4 is 5.32 Å². The van der Waals surface area contributed by atoms with Crippen LogP contribution >= 0.6 is 0 Å². The number of carboxylic acids is 1. The van der Waals surface area contributed by atoms with Crippen molar-refractivity contribution in [2.45, 2.75) is 44.6 Å². The molecule has 0 saturated heterocycles. The van der Waals surface area contributed by atoms with Crippen molar-refractivity contribution < 1.29 is 14.7 Å². The van der Waals surface area contributed by atoms with E-state index in [1.165, 1.54) is 24.8 Å². The maximum Gasteiger partial charge on any atom is 0.326 e. The van der Waals surface area contributed by atoms with Crippen molar-refractivity contribution in [3.05, 3.63) is 47.5 Å². The molecule has 1 aliphatic rings. The zero-order valence-corrected chi connectivity index (χ0v) is 12.2. The highest BCUT2D eigenvalue weighted by atomic mass is 16.4. The fourth-order valence-corrected chi connectivity index (χ4v) is 2.38. The molecule has 4 heteroatoms. The number of carbonyl (C=O) groups excluding carboxylic acids is 1. The van der Waals surface area contributed by atoms with Crippen molar-refractivity contribution in [1.29, 1.82) is 0 Å². The smallest absolute Gasteiger partial charge is 0.326 e. The normalized spacial score (nSPS) is 16.4. The number of amides is 1. The highest BCUT2D eigenvalue weighted by Crippen LogP contribution is 2.36. The molecule has 1 atom stereocenters. The van der Waals surface area contributed by atoms with Crippen molar-refractivity contribution in [2.75, 3.05) is 0 Å². The first-order valence-electron chi connectivity index (χ1n) is 7.36. The number of hydrogen-bond donors (Lipinski definition) is 2. The Labute approximate surface area is 124 Å². The summed E-state index contributed by atoms with van der Waals surface area (Å²) in [7, 11) is 0. The van der Waals surface area contributed by atoms with Crippen LogP contribution in [0.3, 0.4) is 0 Å². The quantitative estimate of drug-likeness (QED) is 0.790. The van der Waals surface area contributed by atoms with Gasteiger partial charge in [0.1, 0.15) is 6.04 Å². The van der Waals surface area contributed by atoms with Crippen LogP contribution in [0.1, 0.15) is 54.4 Å². The van der Waals surface area contributed by atoms with Crippen LogP contribution in [0.2, 0.25) is 0 Å². The lowest BCUT2D eigenvalue weighted by Crippen LogP contribution is -2.40. The number of carboxylic acid groups (broad SMARTS) is 1. The second kappa shape index (κ2) is 7.07. The van der Waals surface area contributed by atoms with Gasteiger partial charge in [-0.1, -0.05) is 30.7 Å². The number of rotatable bonds is 6. The van der Waals surface area contributed by atoms with Crippen molar-refractivity contribution in [2.24, 2.45) is 0 Å². The molecular formula is C17H21NO3. The molecule has 0 bridgehead atoms. The Hall–Kier alpha value is -2.10. The van der Waals surface area contributed by atoms with E-state index in [2.05, 4.69) is 5.32 Å². The molecule has 4 nitrogen and oxygen atoms in total. The molecule has 1 aromatic carbocycles. The molecular weight excluding hydrogens is 266 g/mol. The SMILES string of the molecule is C/C=C/CC(NC(=O)c1ccc(C2CCC2)cc1)C(=O)O. The Morgan fingerprint density at radius 3 is 2.48 bits per heavy atom. The van der Waals surface area contributed by atoms with Crippen molar-refractivity contribution in [3.8, 4) is 0 Å². The van der Waals surface area contributed by atoms with Gasteiger partial charge in [-0.25, -0.2) is 4.79 Å². The zero-order chi connectivity index (χ0) is 15.2. The number of carbonyl (C=O) groups is 2. The zero-order valence-electron chi connectivity index (χ0n) is 12.2. The minimum Gasteiger partial charge on any atom is -0.480 e. The lowest BCUT2D eigenvalue weighted by molar-refractivity contribution is -0.139. The van der Waals surface area contributed by atoms with E-state index in [0.29, 0.717) is 11.5 Å². The molecule has 0 aliphatic heterocycles. The second-order valence-electron chi connectivity index (χ2n) is 5.42. The maximum absolute atomic E-state index is 12.1. The summed E-state index contributed by atoms with van der Waals surface area (Å²) in [6.07, 6.45) is 7.51. The summed E-state index contributed by atoms with van der Waals surface area (Å²) in [4.78, 5) is 23.2. The Bertz CT molecular complexity index is 529. The molecule has 0 spiro atoms. The highest BCUT2D eigenvalue weighted by molar-refractivity contribution is 5.96. The highest BCUT2D eigenvalue weighted by Gasteiger charge is 2.21. The van der Waals surface area contributed by atoms with Gasteiger partial charge in [0.25, 0.3) is 5.91 Å². The van der Waals surface area contributed by atoms with Gasteiger partial charge in [-0.05, 0) is 49.8 Å².